The number of nitriles is 1. The highest BCUT2D eigenvalue weighted by atomic mass is 35.5. The Kier molecular flexibility index (Phi) is 5.39. The normalized spacial score (nSPS) is 14.3. The summed E-state index contributed by atoms with van der Waals surface area (Å²) in [5, 5.41) is 12.5. The van der Waals surface area contributed by atoms with E-state index in [1.54, 1.807) is 25.1 Å². The second-order valence-corrected chi connectivity index (χ2v) is 4.80. The van der Waals surface area contributed by atoms with Crippen molar-refractivity contribution in [3.8, 4) is 6.07 Å². The fourth-order valence-electron chi connectivity index (χ4n) is 1.93. The van der Waals surface area contributed by atoms with Crippen molar-refractivity contribution < 1.29 is 9.53 Å². The monoisotopic (exact) mass is 318 g/mol. The third kappa shape index (κ3) is 3.77. The van der Waals surface area contributed by atoms with Crippen molar-refractivity contribution in [2.24, 2.45) is 4.99 Å². The largest absolute Gasteiger partial charge is 0.462 e. The number of aliphatic imine (C=N–C) groups is 1. The summed E-state index contributed by atoms with van der Waals surface area (Å²) in [5.74, 6) is -0.0893. The van der Waals surface area contributed by atoms with Crippen LogP contribution in [0.15, 0.2) is 41.0 Å². The van der Waals surface area contributed by atoms with Crippen LogP contribution in [-0.4, -0.2) is 31.6 Å². The molecule has 0 aliphatic carbocycles. The Morgan fingerprint density at radius 3 is 2.91 bits per heavy atom. The quantitative estimate of drug-likeness (QED) is 0.522. The molecule has 1 aromatic carbocycles. The molecule has 22 heavy (non-hydrogen) atoms. The van der Waals surface area contributed by atoms with Gasteiger partial charge in [-0.1, -0.05) is 11.6 Å². The molecule has 0 fully saturated rings. The average Bonchev–Trinajstić information content (AvgIpc) is 2.97. The summed E-state index contributed by atoms with van der Waals surface area (Å²) >= 11 is 5.88. The van der Waals surface area contributed by atoms with E-state index >= 15 is 0 Å². The standard InChI is InChI=1S/C15H15ClN4O2/c1-2-22-14(21)11(9-17)10-19-15-18-7-8-20(15)13-5-3-12(16)4-6-13/h3-6,10H,2,7-8H2,1H3,(H,18,19). The lowest BCUT2D eigenvalue weighted by Crippen LogP contribution is -2.36. The molecule has 1 aliphatic rings. The van der Waals surface area contributed by atoms with E-state index in [0.29, 0.717) is 24.1 Å². The van der Waals surface area contributed by atoms with Crippen molar-refractivity contribution in [1.29, 1.82) is 5.26 Å². The van der Waals surface area contributed by atoms with Gasteiger partial charge < -0.3 is 15.0 Å². The summed E-state index contributed by atoms with van der Waals surface area (Å²) in [6.07, 6.45) is 1.31. The van der Waals surface area contributed by atoms with Crippen molar-refractivity contribution in [2.75, 3.05) is 24.6 Å². The van der Waals surface area contributed by atoms with Gasteiger partial charge in [0, 0.05) is 23.5 Å². The molecule has 1 heterocycles. The number of esters is 1. The highest BCUT2D eigenvalue weighted by Gasteiger charge is 2.18. The molecular weight excluding hydrogens is 304 g/mol. The van der Waals surface area contributed by atoms with E-state index in [2.05, 4.69) is 10.3 Å². The van der Waals surface area contributed by atoms with Crippen LogP contribution in [0.4, 0.5) is 5.69 Å². The first-order valence-corrected chi connectivity index (χ1v) is 7.15. The van der Waals surface area contributed by atoms with Gasteiger partial charge in [-0.3, -0.25) is 4.99 Å². The van der Waals surface area contributed by atoms with E-state index in [-0.39, 0.29) is 12.2 Å². The van der Waals surface area contributed by atoms with Gasteiger partial charge in [-0.15, -0.1) is 0 Å². The third-order valence-corrected chi connectivity index (χ3v) is 3.19. The van der Waals surface area contributed by atoms with Crippen LogP contribution in [0, 0.1) is 11.3 Å². The van der Waals surface area contributed by atoms with Crippen LogP contribution in [0.25, 0.3) is 0 Å². The van der Waals surface area contributed by atoms with E-state index in [9.17, 15) is 4.79 Å². The number of rotatable bonds is 4. The number of anilines is 1. The number of hydrogen-bond acceptors (Lipinski definition) is 6. The van der Waals surface area contributed by atoms with Crippen LogP contribution in [0.3, 0.4) is 0 Å². The Hall–Kier alpha value is -2.52. The molecule has 0 radical (unpaired) electrons. The number of benzene rings is 1. The summed E-state index contributed by atoms with van der Waals surface area (Å²) in [4.78, 5) is 17.8. The Morgan fingerprint density at radius 2 is 2.27 bits per heavy atom. The van der Waals surface area contributed by atoms with Gasteiger partial charge in [0.1, 0.15) is 6.07 Å². The molecule has 7 heteroatoms. The van der Waals surface area contributed by atoms with Crippen molar-refractivity contribution in [1.82, 2.24) is 5.32 Å². The number of hydrogen-bond donors (Lipinski definition) is 1. The molecule has 0 unspecified atom stereocenters. The molecule has 1 aromatic rings. The predicted molar refractivity (Wildman–Crippen MR) is 84.6 cm³/mol. The summed E-state index contributed by atoms with van der Waals surface area (Å²) in [6, 6.07) is 9.15. The van der Waals surface area contributed by atoms with Crippen molar-refractivity contribution >= 4 is 29.2 Å². The van der Waals surface area contributed by atoms with Crippen LogP contribution in [0.5, 0.6) is 0 Å². The maximum atomic E-state index is 11.5. The predicted octanol–water partition coefficient (Wildman–Crippen LogP) is 2.08. The zero-order valence-electron chi connectivity index (χ0n) is 12.0. The second kappa shape index (κ2) is 7.48. The van der Waals surface area contributed by atoms with E-state index in [1.807, 2.05) is 17.0 Å². The molecule has 0 saturated heterocycles. The molecule has 1 aliphatic heterocycles. The lowest BCUT2D eigenvalue weighted by molar-refractivity contribution is -0.138. The minimum absolute atomic E-state index is 0.104. The van der Waals surface area contributed by atoms with Crippen LogP contribution in [-0.2, 0) is 9.53 Å². The Labute approximate surface area is 133 Å². The van der Waals surface area contributed by atoms with Gasteiger partial charge in [-0.2, -0.15) is 5.26 Å². The highest BCUT2D eigenvalue weighted by Crippen LogP contribution is 2.19. The number of halogens is 1. The van der Waals surface area contributed by atoms with E-state index in [0.717, 1.165) is 5.69 Å². The van der Waals surface area contributed by atoms with Crippen LogP contribution < -0.4 is 10.2 Å². The number of guanidine groups is 1. The molecular formula is C15H15ClN4O2. The molecule has 2 rings (SSSR count). The fourth-order valence-corrected chi connectivity index (χ4v) is 2.05. The van der Waals surface area contributed by atoms with Gasteiger partial charge in [0.05, 0.1) is 13.2 Å². The fraction of sp³-hybridized carbons (Fsp3) is 0.267. The first kappa shape index (κ1) is 15.9. The molecule has 1 N–H and O–H groups in total. The summed E-state index contributed by atoms with van der Waals surface area (Å²) in [6.45, 7) is 3.23. The smallest absolute Gasteiger partial charge is 0.350 e. The van der Waals surface area contributed by atoms with E-state index in [1.165, 1.54) is 6.20 Å². The zero-order valence-corrected chi connectivity index (χ0v) is 12.8. The lowest BCUT2D eigenvalue weighted by Gasteiger charge is -2.20. The molecule has 0 bridgehead atoms. The molecule has 0 atom stereocenters. The second-order valence-electron chi connectivity index (χ2n) is 4.37. The van der Waals surface area contributed by atoms with Gasteiger partial charge in [0.25, 0.3) is 0 Å². The highest BCUT2D eigenvalue weighted by molar-refractivity contribution is 6.30. The van der Waals surface area contributed by atoms with Gasteiger partial charge in [0.15, 0.2) is 5.57 Å². The Morgan fingerprint density at radius 1 is 1.55 bits per heavy atom. The van der Waals surface area contributed by atoms with Gasteiger partial charge >= 0.3 is 5.97 Å². The third-order valence-electron chi connectivity index (χ3n) is 2.94. The lowest BCUT2D eigenvalue weighted by atomic mass is 10.3. The van der Waals surface area contributed by atoms with E-state index < -0.39 is 5.97 Å². The summed E-state index contributed by atoms with van der Waals surface area (Å²) in [5.41, 5.74) is 0.823. The van der Waals surface area contributed by atoms with Gasteiger partial charge in [-0.25, -0.2) is 4.79 Å². The summed E-state index contributed by atoms with van der Waals surface area (Å²) in [7, 11) is 0. The van der Waals surface area contributed by atoms with Crippen molar-refractivity contribution in [3.63, 3.8) is 0 Å². The van der Waals surface area contributed by atoms with Crippen LogP contribution in [0.1, 0.15) is 6.92 Å². The molecule has 6 nitrogen and oxygen atoms in total. The van der Waals surface area contributed by atoms with Crippen molar-refractivity contribution in [3.05, 3.63) is 41.1 Å². The number of nitrogens with zero attached hydrogens (tertiary/aromatic N) is 3. The number of carbonyl (C=O) groups is 1. The van der Waals surface area contributed by atoms with Crippen molar-refractivity contribution in [2.45, 2.75) is 6.92 Å². The van der Waals surface area contributed by atoms with E-state index in [4.69, 9.17) is 21.6 Å². The van der Waals surface area contributed by atoms with Crippen LogP contribution >= 0.6 is 11.6 Å². The topological polar surface area (TPSA) is 77.7 Å². The average molecular weight is 319 g/mol. The SMILES string of the molecule is CCOC(=O)C(C#N)=CNC1=NCCN1c1ccc(Cl)cc1. The molecule has 0 amide bonds. The van der Waals surface area contributed by atoms with Gasteiger partial charge in [-0.05, 0) is 31.2 Å². The Balaban J connectivity index is 2.10. The Bertz CT molecular complexity index is 647. The minimum atomic E-state index is -0.658. The maximum Gasteiger partial charge on any atom is 0.350 e. The molecule has 0 aromatic heterocycles. The number of carbonyl (C=O) groups excluding carboxylic acids is 1. The first-order valence-electron chi connectivity index (χ1n) is 6.77. The maximum absolute atomic E-state index is 11.5. The zero-order chi connectivity index (χ0) is 15.9. The minimum Gasteiger partial charge on any atom is -0.462 e. The summed E-state index contributed by atoms with van der Waals surface area (Å²) < 4.78 is 4.80. The molecule has 114 valence electrons. The van der Waals surface area contributed by atoms with Crippen LogP contribution in [0.2, 0.25) is 5.02 Å². The molecule has 0 saturated carbocycles. The molecule has 0 spiro atoms. The number of ether oxygens (including phenoxy) is 1. The first-order chi connectivity index (χ1) is 10.7. The van der Waals surface area contributed by atoms with Gasteiger partial charge in [0.2, 0.25) is 5.96 Å². The number of nitrogens with one attached hydrogen (secondary N) is 1.